The van der Waals surface area contributed by atoms with Crippen molar-refractivity contribution in [2.24, 2.45) is 0 Å². The number of aliphatic hydroxyl groups excluding tert-OH is 1. The molecule has 1 aromatic rings. The number of hydrogen-bond donors (Lipinski definition) is 1. The smallest absolute Gasteiger partial charge is 0.347 e. The lowest BCUT2D eigenvalue weighted by Crippen LogP contribution is -2.29. The molecule has 0 saturated heterocycles. The molecule has 0 bridgehead atoms. The molecule has 118 valence electrons. The van der Waals surface area contributed by atoms with Crippen LogP contribution in [0.2, 0.25) is 5.02 Å². The molecular weight excluding hydrogens is 296 g/mol. The molecule has 0 aliphatic carbocycles. The highest BCUT2D eigenvalue weighted by atomic mass is 35.5. The van der Waals surface area contributed by atoms with Crippen LogP contribution in [0, 0.1) is 0 Å². The predicted octanol–water partition coefficient (Wildman–Crippen LogP) is 2.95. The topological polar surface area (TPSA) is 65.0 Å². The van der Waals surface area contributed by atoms with Gasteiger partial charge in [-0.3, -0.25) is 0 Å². The minimum Gasteiger partial charge on any atom is -0.493 e. The van der Waals surface area contributed by atoms with Crippen LogP contribution in [0.1, 0.15) is 32.3 Å². The summed E-state index contributed by atoms with van der Waals surface area (Å²) < 4.78 is 16.0. The van der Waals surface area contributed by atoms with Crippen LogP contribution in [0.4, 0.5) is 0 Å². The van der Waals surface area contributed by atoms with Crippen molar-refractivity contribution in [1.29, 1.82) is 0 Å². The second-order valence-corrected chi connectivity index (χ2v) is 4.84. The van der Waals surface area contributed by atoms with Crippen LogP contribution < -0.4 is 9.47 Å². The monoisotopic (exact) mass is 316 g/mol. The maximum Gasteiger partial charge on any atom is 0.347 e. The number of benzene rings is 1. The molecule has 6 heteroatoms. The first-order chi connectivity index (χ1) is 10.1. The van der Waals surface area contributed by atoms with Crippen LogP contribution in [0.3, 0.4) is 0 Å². The highest BCUT2D eigenvalue weighted by Gasteiger charge is 2.24. The molecule has 1 rings (SSSR count). The molecule has 1 aromatic carbocycles. The fourth-order valence-corrected chi connectivity index (χ4v) is 2.12. The van der Waals surface area contributed by atoms with Crippen LogP contribution >= 0.6 is 11.6 Å². The maximum absolute atomic E-state index is 11.9. The number of methoxy groups -OCH3 is 1. The zero-order valence-corrected chi connectivity index (χ0v) is 13.3. The Bertz CT molecular complexity index is 450. The van der Waals surface area contributed by atoms with E-state index in [0.717, 1.165) is 6.42 Å². The molecule has 21 heavy (non-hydrogen) atoms. The summed E-state index contributed by atoms with van der Waals surface area (Å²) in [6.07, 6.45) is 0.527. The first kappa shape index (κ1) is 17.6. The van der Waals surface area contributed by atoms with Gasteiger partial charge in [0.1, 0.15) is 0 Å². The van der Waals surface area contributed by atoms with Gasteiger partial charge in [0.05, 0.1) is 20.3 Å². The average Bonchev–Trinajstić information content (AvgIpc) is 2.47. The predicted molar refractivity (Wildman–Crippen MR) is 79.9 cm³/mol. The van der Waals surface area contributed by atoms with Crippen molar-refractivity contribution in [2.45, 2.75) is 39.4 Å². The molecule has 0 amide bonds. The Hall–Kier alpha value is -1.46. The summed E-state index contributed by atoms with van der Waals surface area (Å²) in [5.41, 5.74) is 0.463. The van der Waals surface area contributed by atoms with Gasteiger partial charge in [-0.1, -0.05) is 24.9 Å². The molecule has 0 radical (unpaired) electrons. The number of aliphatic hydroxyl groups is 1. The molecule has 0 aliphatic heterocycles. The minimum atomic E-state index is -0.740. The summed E-state index contributed by atoms with van der Waals surface area (Å²) in [4.78, 5) is 11.9. The van der Waals surface area contributed by atoms with Crippen molar-refractivity contribution in [2.75, 3.05) is 13.7 Å². The third-order valence-corrected chi connectivity index (χ3v) is 3.07. The largest absolute Gasteiger partial charge is 0.493 e. The number of carbonyl (C=O) groups excluding carboxylic acids is 1. The first-order valence-corrected chi connectivity index (χ1v) is 7.25. The van der Waals surface area contributed by atoms with Gasteiger partial charge in [0.25, 0.3) is 0 Å². The van der Waals surface area contributed by atoms with Crippen molar-refractivity contribution in [1.82, 2.24) is 0 Å². The standard InChI is InChI=1S/C15H21ClO5/c1-4-6-12(15(18)20-5-2)21-14-10(9-17)7-11(16)8-13(14)19-3/h7-8,12,17H,4-6,9H2,1-3H3. The molecule has 5 nitrogen and oxygen atoms in total. The van der Waals surface area contributed by atoms with Crippen molar-refractivity contribution in [3.63, 3.8) is 0 Å². The molecule has 0 aromatic heterocycles. The van der Waals surface area contributed by atoms with Crippen LogP contribution in [-0.4, -0.2) is 30.9 Å². The summed E-state index contributed by atoms with van der Waals surface area (Å²) >= 11 is 5.95. The van der Waals surface area contributed by atoms with Gasteiger partial charge < -0.3 is 19.3 Å². The Morgan fingerprint density at radius 2 is 2.10 bits per heavy atom. The van der Waals surface area contributed by atoms with Gasteiger partial charge >= 0.3 is 5.97 Å². The third kappa shape index (κ3) is 4.79. The van der Waals surface area contributed by atoms with E-state index in [9.17, 15) is 9.90 Å². The summed E-state index contributed by atoms with van der Waals surface area (Å²) in [6, 6.07) is 3.15. The first-order valence-electron chi connectivity index (χ1n) is 6.87. The Kier molecular flexibility index (Phi) is 7.32. The second-order valence-electron chi connectivity index (χ2n) is 4.40. The quantitative estimate of drug-likeness (QED) is 0.747. The SMILES string of the molecule is CCCC(Oc1c(CO)cc(Cl)cc1OC)C(=O)OCC. The van der Waals surface area contributed by atoms with Crippen molar-refractivity contribution in [3.05, 3.63) is 22.7 Å². The maximum atomic E-state index is 11.9. The van der Waals surface area contributed by atoms with Gasteiger partial charge in [-0.25, -0.2) is 4.79 Å². The van der Waals surface area contributed by atoms with Crippen LogP contribution in [0.5, 0.6) is 11.5 Å². The number of rotatable bonds is 8. The highest BCUT2D eigenvalue weighted by molar-refractivity contribution is 6.30. The van der Waals surface area contributed by atoms with Crippen molar-refractivity contribution in [3.8, 4) is 11.5 Å². The normalized spacial score (nSPS) is 11.9. The lowest BCUT2D eigenvalue weighted by Gasteiger charge is -2.20. The Morgan fingerprint density at radius 3 is 2.62 bits per heavy atom. The van der Waals surface area contributed by atoms with Gasteiger partial charge in [0.2, 0.25) is 0 Å². The van der Waals surface area contributed by atoms with Gasteiger partial charge in [-0.05, 0) is 19.4 Å². The number of halogens is 1. The molecule has 0 fully saturated rings. The van der Waals surface area contributed by atoms with Crippen LogP contribution in [0.25, 0.3) is 0 Å². The molecule has 0 saturated carbocycles. The van der Waals surface area contributed by atoms with Gasteiger partial charge in [0.15, 0.2) is 17.6 Å². The van der Waals surface area contributed by atoms with E-state index in [2.05, 4.69) is 0 Å². The molecule has 1 N–H and O–H groups in total. The number of ether oxygens (including phenoxy) is 3. The van der Waals surface area contributed by atoms with E-state index in [1.165, 1.54) is 7.11 Å². The number of carbonyl (C=O) groups is 1. The van der Waals surface area contributed by atoms with E-state index in [0.29, 0.717) is 28.5 Å². The molecule has 0 heterocycles. The fourth-order valence-electron chi connectivity index (χ4n) is 1.89. The van der Waals surface area contributed by atoms with Crippen LogP contribution in [-0.2, 0) is 16.1 Å². The summed E-state index contributed by atoms with van der Waals surface area (Å²) in [6.45, 7) is 3.70. The Labute approximate surface area is 129 Å². The Morgan fingerprint density at radius 1 is 1.38 bits per heavy atom. The van der Waals surface area contributed by atoms with E-state index in [-0.39, 0.29) is 13.2 Å². The zero-order valence-electron chi connectivity index (χ0n) is 12.5. The van der Waals surface area contributed by atoms with Gasteiger partial charge in [-0.2, -0.15) is 0 Å². The summed E-state index contributed by atoms with van der Waals surface area (Å²) in [5, 5.41) is 9.86. The van der Waals surface area contributed by atoms with Crippen molar-refractivity contribution >= 4 is 17.6 Å². The van der Waals surface area contributed by atoms with E-state index in [1.54, 1.807) is 19.1 Å². The Balaban J connectivity index is 3.09. The molecule has 1 atom stereocenters. The molecule has 0 aliphatic rings. The molecular formula is C15H21ClO5. The van der Waals surface area contributed by atoms with E-state index < -0.39 is 12.1 Å². The second kappa shape index (κ2) is 8.74. The zero-order chi connectivity index (χ0) is 15.8. The van der Waals surface area contributed by atoms with Crippen molar-refractivity contribution < 1.29 is 24.1 Å². The number of hydrogen-bond acceptors (Lipinski definition) is 5. The lowest BCUT2D eigenvalue weighted by molar-refractivity contribution is -0.151. The summed E-state index contributed by atoms with van der Waals surface area (Å²) in [5.74, 6) is 0.257. The summed E-state index contributed by atoms with van der Waals surface area (Å²) in [7, 11) is 1.47. The minimum absolute atomic E-state index is 0.270. The van der Waals surface area contributed by atoms with E-state index in [1.807, 2.05) is 6.92 Å². The lowest BCUT2D eigenvalue weighted by atomic mass is 10.1. The van der Waals surface area contributed by atoms with E-state index in [4.69, 9.17) is 25.8 Å². The van der Waals surface area contributed by atoms with E-state index >= 15 is 0 Å². The van der Waals surface area contributed by atoms with Gasteiger partial charge in [-0.15, -0.1) is 0 Å². The highest BCUT2D eigenvalue weighted by Crippen LogP contribution is 2.36. The van der Waals surface area contributed by atoms with Gasteiger partial charge in [0, 0.05) is 16.7 Å². The molecule has 0 spiro atoms. The number of esters is 1. The average molecular weight is 317 g/mol. The third-order valence-electron chi connectivity index (χ3n) is 2.85. The molecule has 1 unspecified atom stereocenters. The fraction of sp³-hybridized carbons (Fsp3) is 0.533. The van der Waals surface area contributed by atoms with Crippen LogP contribution in [0.15, 0.2) is 12.1 Å².